The van der Waals surface area contributed by atoms with Crippen molar-refractivity contribution in [2.75, 3.05) is 19.6 Å². The van der Waals surface area contributed by atoms with E-state index < -0.39 is 0 Å². The summed E-state index contributed by atoms with van der Waals surface area (Å²) in [5.41, 5.74) is 0. The van der Waals surface area contributed by atoms with Crippen molar-refractivity contribution in [2.24, 2.45) is 5.92 Å². The van der Waals surface area contributed by atoms with Crippen molar-refractivity contribution in [1.29, 1.82) is 0 Å². The van der Waals surface area contributed by atoms with Gasteiger partial charge in [0.25, 0.3) is 0 Å². The average molecular weight is 212 g/mol. The summed E-state index contributed by atoms with van der Waals surface area (Å²) in [7, 11) is 0. The zero-order valence-corrected chi connectivity index (χ0v) is 9.28. The van der Waals surface area contributed by atoms with Gasteiger partial charge in [0.2, 0.25) is 5.91 Å². The van der Waals surface area contributed by atoms with Crippen molar-refractivity contribution < 1.29 is 9.90 Å². The van der Waals surface area contributed by atoms with Crippen LogP contribution in [0.5, 0.6) is 0 Å². The van der Waals surface area contributed by atoms with Crippen LogP contribution in [0.4, 0.5) is 0 Å². The first-order valence-electron chi connectivity index (χ1n) is 5.88. The third-order valence-corrected chi connectivity index (χ3v) is 3.53. The molecule has 2 unspecified atom stereocenters. The number of nitrogens with one attached hydrogen (secondary N) is 1. The lowest BCUT2D eigenvalue weighted by Gasteiger charge is -2.35. The Balaban J connectivity index is 1.90. The van der Waals surface area contributed by atoms with Crippen LogP contribution in [0.15, 0.2) is 0 Å². The minimum atomic E-state index is -0.231. The van der Waals surface area contributed by atoms with Gasteiger partial charge in [0.05, 0.1) is 12.1 Å². The van der Waals surface area contributed by atoms with Crippen LogP contribution in [0.25, 0.3) is 0 Å². The maximum atomic E-state index is 12.0. The number of hydrogen-bond donors (Lipinski definition) is 2. The van der Waals surface area contributed by atoms with Crippen LogP contribution in [0, 0.1) is 5.92 Å². The van der Waals surface area contributed by atoms with E-state index in [0.29, 0.717) is 13.1 Å². The first kappa shape index (κ1) is 10.9. The van der Waals surface area contributed by atoms with Crippen LogP contribution in [0.2, 0.25) is 0 Å². The van der Waals surface area contributed by atoms with Gasteiger partial charge in [-0.15, -0.1) is 0 Å². The quantitative estimate of drug-likeness (QED) is 0.641. The Hall–Kier alpha value is -0.610. The molecule has 4 nitrogen and oxygen atoms in total. The van der Waals surface area contributed by atoms with Gasteiger partial charge in [0, 0.05) is 13.1 Å². The van der Waals surface area contributed by atoms with E-state index in [1.165, 1.54) is 0 Å². The van der Waals surface area contributed by atoms with E-state index in [2.05, 4.69) is 5.32 Å². The minimum Gasteiger partial charge on any atom is -0.393 e. The third kappa shape index (κ3) is 2.32. The highest BCUT2D eigenvalue weighted by Gasteiger charge is 2.32. The fourth-order valence-electron chi connectivity index (χ4n) is 2.45. The summed E-state index contributed by atoms with van der Waals surface area (Å²) in [5.74, 6) is 0.440. The normalized spacial score (nSPS) is 36.9. The summed E-state index contributed by atoms with van der Waals surface area (Å²) in [6.07, 6.45) is 2.56. The minimum absolute atomic E-state index is 0.0347. The average Bonchev–Trinajstić information content (AvgIpc) is 2.74. The lowest BCUT2D eigenvalue weighted by molar-refractivity contribution is -0.136. The number of nitrogens with zero attached hydrogens (tertiary/aromatic N) is 1. The number of aliphatic hydroxyl groups is 1. The molecule has 2 saturated heterocycles. The number of rotatable bonds is 1. The molecule has 0 aromatic heterocycles. The molecule has 2 aliphatic heterocycles. The maximum Gasteiger partial charge on any atom is 0.239 e. The van der Waals surface area contributed by atoms with Crippen molar-refractivity contribution in [3.8, 4) is 0 Å². The Labute approximate surface area is 90.6 Å². The summed E-state index contributed by atoms with van der Waals surface area (Å²) in [5, 5.41) is 12.8. The van der Waals surface area contributed by atoms with Crippen molar-refractivity contribution in [3.63, 3.8) is 0 Å². The monoisotopic (exact) mass is 212 g/mol. The molecule has 2 rings (SSSR count). The molecule has 0 bridgehead atoms. The van der Waals surface area contributed by atoms with Crippen molar-refractivity contribution in [2.45, 2.75) is 38.3 Å². The molecule has 2 heterocycles. The van der Waals surface area contributed by atoms with E-state index in [9.17, 15) is 9.90 Å². The van der Waals surface area contributed by atoms with Crippen LogP contribution < -0.4 is 5.32 Å². The summed E-state index contributed by atoms with van der Waals surface area (Å²) < 4.78 is 0. The van der Waals surface area contributed by atoms with Gasteiger partial charge in [-0.2, -0.15) is 0 Å². The third-order valence-electron chi connectivity index (χ3n) is 3.53. The zero-order chi connectivity index (χ0) is 10.8. The van der Waals surface area contributed by atoms with Gasteiger partial charge in [-0.3, -0.25) is 4.79 Å². The Bertz CT molecular complexity index is 239. The molecule has 0 radical (unpaired) electrons. The topological polar surface area (TPSA) is 52.6 Å². The van der Waals surface area contributed by atoms with Gasteiger partial charge in [-0.1, -0.05) is 6.92 Å². The molecule has 0 saturated carbocycles. The number of likely N-dealkylation sites (tertiary alicyclic amines) is 1. The van der Waals surface area contributed by atoms with Crippen molar-refractivity contribution in [3.05, 3.63) is 0 Å². The van der Waals surface area contributed by atoms with E-state index in [1.807, 2.05) is 11.8 Å². The number of carbonyl (C=O) groups excluding carboxylic acids is 1. The lowest BCUT2D eigenvalue weighted by atomic mass is 9.96. The molecule has 0 aliphatic carbocycles. The number of hydrogen-bond acceptors (Lipinski definition) is 3. The molecule has 0 aromatic rings. The van der Waals surface area contributed by atoms with Gasteiger partial charge in [-0.25, -0.2) is 0 Å². The van der Waals surface area contributed by atoms with E-state index in [-0.39, 0.29) is 24.0 Å². The Kier molecular flexibility index (Phi) is 3.26. The molecule has 4 heteroatoms. The second kappa shape index (κ2) is 4.49. The lowest BCUT2D eigenvalue weighted by Crippen LogP contribution is -2.50. The maximum absolute atomic E-state index is 12.0. The molecule has 3 atom stereocenters. The molecule has 1 amide bonds. The molecule has 2 N–H and O–H groups in total. The Morgan fingerprint density at radius 1 is 1.47 bits per heavy atom. The largest absolute Gasteiger partial charge is 0.393 e. The fourth-order valence-corrected chi connectivity index (χ4v) is 2.45. The standard InChI is InChI=1S/C11H20N2O2/c1-8-7-13(6-4-10(8)14)11(15)9-3-2-5-12-9/h8-10,12,14H,2-7H2,1H3/t8?,9-,10?/m0/s1. The van der Waals surface area contributed by atoms with E-state index in [4.69, 9.17) is 0 Å². The van der Waals surface area contributed by atoms with Crippen LogP contribution >= 0.6 is 0 Å². The highest BCUT2D eigenvalue weighted by Crippen LogP contribution is 2.18. The zero-order valence-electron chi connectivity index (χ0n) is 9.28. The van der Waals surface area contributed by atoms with Crippen LogP contribution in [0.3, 0.4) is 0 Å². The second-order valence-electron chi connectivity index (χ2n) is 4.77. The molecule has 15 heavy (non-hydrogen) atoms. The van der Waals surface area contributed by atoms with E-state index in [1.54, 1.807) is 0 Å². The summed E-state index contributed by atoms with van der Waals surface area (Å²) in [4.78, 5) is 13.9. The van der Waals surface area contributed by atoms with Gasteiger partial charge in [0.1, 0.15) is 0 Å². The Morgan fingerprint density at radius 2 is 2.27 bits per heavy atom. The molecule has 0 spiro atoms. The summed E-state index contributed by atoms with van der Waals surface area (Å²) >= 11 is 0. The van der Waals surface area contributed by atoms with Crippen LogP contribution in [0.1, 0.15) is 26.2 Å². The molecule has 2 fully saturated rings. The first-order valence-corrected chi connectivity index (χ1v) is 5.88. The number of carbonyl (C=O) groups is 1. The fraction of sp³-hybridized carbons (Fsp3) is 0.909. The summed E-state index contributed by atoms with van der Waals surface area (Å²) in [6.45, 7) is 4.38. The summed E-state index contributed by atoms with van der Waals surface area (Å²) in [6, 6.07) is 0.0347. The number of aliphatic hydroxyl groups excluding tert-OH is 1. The molecular weight excluding hydrogens is 192 g/mol. The van der Waals surface area contributed by atoms with E-state index in [0.717, 1.165) is 25.8 Å². The van der Waals surface area contributed by atoms with Crippen molar-refractivity contribution in [1.82, 2.24) is 10.2 Å². The van der Waals surface area contributed by atoms with E-state index >= 15 is 0 Å². The SMILES string of the molecule is CC1CN(C(=O)[C@@H]2CCCN2)CCC1O. The predicted molar refractivity (Wildman–Crippen MR) is 57.4 cm³/mol. The molecular formula is C11H20N2O2. The van der Waals surface area contributed by atoms with Gasteiger partial charge >= 0.3 is 0 Å². The molecule has 0 aromatic carbocycles. The highest BCUT2D eigenvalue weighted by molar-refractivity contribution is 5.82. The molecule has 2 aliphatic rings. The van der Waals surface area contributed by atoms with Gasteiger partial charge in [0.15, 0.2) is 0 Å². The Morgan fingerprint density at radius 3 is 2.87 bits per heavy atom. The number of piperidine rings is 1. The number of amides is 1. The predicted octanol–water partition coefficient (Wildman–Crippen LogP) is -0.0323. The van der Waals surface area contributed by atoms with Gasteiger partial charge < -0.3 is 15.3 Å². The first-order chi connectivity index (χ1) is 7.18. The van der Waals surface area contributed by atoms with Crippen LogP contribution in [-0.2, 0) is 4.79 Å². The smallest absolute Gasteiger partial charge is 0.239 e. The van der Waals surface area contributed by atoms with Gasteiger partial charge in [-0.05, 0) is 31.7 Å². The van der Waals surface area contributed by atoms with Crippen molar-refractivity contribution >= 4 is 5.91 Å². The van der Waals surface area contributed by atoms with Crippen LogP contribution in [-0.4, -0.2) is 47.7 Å². The second-order valence-corrected chi connectivity index (χ2v) is 4.77. The molecule has 86 valence electrons. The highest BCUT2D eigenvalue weighted by atomic mass is 16.3.